The summed E-state index contributed by atoms with van der Waals surface area (Å²) in [5.41, 5.74) is 0.788. The zero-order valence-electron chi connectivity index (χ0n) is 10.3. The number of nitrogens with zero attached hydrogens (tertiary/aromatic N) is 2. The van der Waals surface area contributed by atoms with Crippen LogP contribution < -0.4 is 0 Å². The third kappa shape index (κ3) is 2.54. The molecule has 0 amide bonds. The Morgan fingerprint density at radius 1 is 1.63 bits per heavy atom. The van der Waals surface area contributed by atoms with Crippen molar-refractivity contribution in [3.8, 4) is 10.6 Å². The van der Waals surface area contributed by atoms with Gasteiger partial charge in [0.1, 0.15) is 6.04 Å². The smallest absolute Gasteiger partial charge is 0.320 e. The molecular formula is C13H14N2O3S. The van der Waals surface area contributed by atoms with Crippen LogP contribution in [-0.2, 0) is 11.3 Å². The highest BCUT2D eigenvalue weighted by atomic mass is 32.1. The van der Waals surface area contributed by atoms with Crippen molar-refractivity contribution in [3.63, 3.8) is 0 Å². The number of carboxylic acid groups (broad SMARTS) is 1. The van der Waals surface area contributed by atoms with Gasteiger partial charge in [-0.1, -0.05) is 11.2 Å². The molecule has 2 aromatic heterocycles. The lowest BCUT2D eigenvalue weighted by atomic mass is 10.2. The first-order valence-corrected chi connectivity index (χ1v) is 7.08. The number of thiophene rings is 1. The number of likely N-dealkylation sites (tertiary alicyclic amines) is 1. The highest BCUT2D eigenvalue weighted by molar-refractivity contribution is 7.13. The molecule has 1 saturated heterocycles. The van der Waals surface area contributed by atoms with Gasteiger partial charge in [-0.15, -0.1) is 11.3 Å². The van der Waals surface area contributed by atoms with Gasteiger partial charge in [0.15, 0.2) is 5.76 Å². The first-order chi connectivity index (χ1) is 9.24. The quantitative estimate of drug-likeness (QED) is 0.930. The first-order valence-electron chi connectivity index (χ1n) is 6.20. The van der Waals surface area contributed by atoms with E-state index in [1.165, 1.54) is 0 Å². The van der Waals surface area contributed by atoms with Crippen LogP contribution in [0.1, 0.15) is 18.5 Å². The number of hydrogen-bond donors (Lipinski definition) is 1. The van der Waals surface area contributed by atoms with E-state index in [1.807, 2.05) is 28.5 Å². The highest BCUT2D eigenvalue weighted by Gasteiger charge is 2.30. The summed E-state index contributed by atoms with van der Waals surface area (Å²) in [6.07, 6.45) is 1.64. The molecule has 1 fully saturated rings. The van der Waals surface area contributed by atoms with Crippen LogP contribution >= 0.6 is 11.3 Å². The van der Waals surface area contributed by atoms with Gasteiger partial charge >= 0.3 is 5.97 Å². The molecule has 6 heteroatoms. The van der Waals surface area contributed by atoms with Crippen LogP contribution in [0.15, 0.2) is 28.1 Å². The van der Waals surface area contributed by atoms with Crippen LogP contribution in [0.3, 0.4) is 0 Å². The molecule has 0 aromatic carbocycles. The van der Waals surface area contributed by atoms with Crippen molar-refractivity contribution in [2.24, 2.45) is 0 Å². The fourth-order valence-corrected chi connectivity index (χ4v) is 3.10. The fraction of sp³-hybridized carbons (Fsp3) is 0.385. The lowest BCUT2D eigenvalue weighted by Crippen LogP contribution is -2.35. The molecule has 19 heavy (non-hydrogen) atoms. The SMILES string of the molecule is O=C(O)[C@@H]1CCCN1Cc1cc(-c2cccs2)on1. The van der Waals surface area contributed by atoms with Crippen molar-refractivity contribution < 1.29 is 14.4 Å². The average Bonchev–Trinajstić information content (AvgIpc) is 3.09. The summed E-state index contributed by atoms with van der Waals surface area (Å²) >= 11 is 1.60. The summed E-state index contributed by atoms with van der Waals surface area (Å²) in [5.74, 6) is -0.00412. The number of rotatable bonds is 4. The lowest BCUT2D eigenvalue weighted by molar-refractivity contribution is -0.142. The molecule has 100 valence electrons. The summed E-state index contributed by atoms with van der Waals surface area (Å²) < 4.78 is 5.30. The Balaban J connectivity index is 1.72. The van der Waals surface area contributed by atoms with Gasteiger partial charge in [0.2, 0.25) is 0 Å². The average molecular weight is 278 g/mol. The molecule has 1 aliphatic heterocycles. The molecule has 1 aliphatic rings. The number of carboxylic acids is 1. The minimum absolute atomic E-state index is 0.387. The Bertz CT molecular complexity index is 564. The second-order valence-corrected chi connectivity index (χ2v) is 5.57. The second kappa shape index (κ2) is 5.14. The lowest BCUT2D eigenvalue weighted by Gasteiger charge is -2.19. The Morgan fingerprint density at radius 2 is 2.53 bits per heavy atom. The monoisotopic (exact) mass is 278 g/mol. The maximum Gasteiger partial charge on any atom is 0.320 e. The Labute approximate surface area is 114 Å². The van der Waals surface area contributed by atoms with Crippen LogP contribution in [0.4, 0.5) is 0 Å². The van der Waals surface area contributed by atoms with Gasteiger partial charge in [-0.3, -0.25) is 9.69 Å². The van der Waals surface area contributed by atoms with Crippen LogP contribution in [0, 0.1) is 0 Å². The molecule has 0 saturated carbocycles. The van der Waals surface area contributed by atoms with Crippen molar-refractivity contribution in [1.82, 2.24) is 10.1 Å². The molecule has 0 unspecified atom stereocenters. The van der Waals surface area contributed by atoms with Gasteiger partial charge in [-0.25, -0.2) is 0 Å². The standard InChI is InChI=1S/C13H14N2O3S/c16-13(17)10-3-1-5-15(10)8-9-7-11(18-14-9)12-4-2-6-19-12/h2,4,6-7,10H,1,3,5,8H2,(H,16,17)/t10-/m0/s1. The number of aromatic nitrogens is 1. The van der Waals surface area contributed by atoms with Gasteiger partial charge in [-0.2, -0.15) is 0 Å². The topological polar surface area (TPSA) is 66.6 Å². The molecule has 2 aromatic rings. The Hall–Kier alpha value is -1.66. The minimum Gasteiger partial charge on any atom is -0.480 e. The van der Waals surface area contributed by atoms with E-state index >= 15 is 0 Å². The van der Waals surface area contributed by atoms with E-state index in [1.54, 1.807) is 11.3 Å². The number of aliphatic carboxylic acids is 1. The van der Waals surface area contributed by atoms with Gasteiger partial charge in [0, 0.05) is 12.6 Å². The van der Waals surface area contributed by atoms with Crippen LogP contribution in [0.5, 0.6) is 0 Å². The molecule has 0 bridgehead atoms. The summed E-state index contributed by atoms with van der Waals surface area (Å²) in [7, 11) is 0. The van der Waals surface area contributed by atoms with E-state index in [4.69, 9.17) is 9.63 Å². The van der Waals surface area contributed by atoms with Gasteiger partial charge in [0.25, 0.3) is 0 Å². The maximum absolute atomic E-state index is 11.1. The van der Waals surface area contributed by atoms with E-state index in [0.717, 1.165) is 29.3 Å². The van der Waals surface area contributed by atoms with Crippen molar-refractivity contribution in [3.05, 3.63) is 29.3 Å². The number of carbonyl (C=O) groups is 1. The van der Waals surface area contributed by atoms with E-state index in [9.17, 15) is 4.79 Å². The van der Waals surface area contributed by atoms with E-state index in [-0.39, 0.29) is 6.04 Å². The molecular weight excluding hydrogens is 264 g/mol. The molecule has 5 nitrogen and oxygen atoms in total. The van der Waals surface area contributed by atoms with E-state index < -0.39 is 5.97 Å². The molecule has 0 radical (unpaired) electrons. The third-order valence-electron chi connectivity index (χ3n) is 3.34. The van der Waals surface area contributed by atoms with Crippen molar-refractivity contribution in [2.45, 2.75) is 25.4 Å². The summed E-state index contributed by atoms with van der Waals surface area (Å²) in [5, 5.41) is 15.1. The molecule has 0 spiro atoms. The summed E-state index contributed by atoms with van der Waals surface area (Å²) in [6, 6.07) is 5.44. The second-order valence-electron chi connectivity index (χ2n) is 4.63. The zero-order valence-corrected chi connectivity index (χ0v) is 11.1. The Morgan fingerprint density at radius 3 is 3.26 bits per heavy atom. The predicted molar refractivity (Wildman–Crippen MR) is 70.9 cm³/mol. The van der Waals surface area contributed by atoms with Crippen molar-refractivity contribution in [2.75, 3.05) is 6.54 Å². The highest BCUT2D eigenvalue weighted by Crippen LogP contribution is 2.26. The molecule has 3 heterocycles. The van der Waals surface area contributed by atoms with Crippen LogP contribution in [0.25, 0.3) is 10.6 Å². The molecule has 0 aliphatic carbocycles. The van der Waals surface area contributed by atoms with Crippen molar-refractivity contribution >= 4 is 17.3 Å². The maximum atomic E-state index is 11.1. The molecule has 1 atom stereocenters. The summed E-state index contributed by atoms with van der Waals surface area (Å²) in [6.45, 7) is 1.34. The zero-order chi connectivity index (χ0) is 13.2. The predicted octanol–water partition coefficient (Wildman–Crippen LogP) is 2.45. The van der Waals surface area contributed by atoms with Crippen LogP contribution in [-0.4, -0.2) is 33.7 Å². The normalized spacial score (nSPS) is 19.9. The van der Waals surface area contributed by atoms with Gasteiger partial charge < -0.3 is 9.63 Å². The third-order valence-corrected chi connectivity index (χ3v) is 4.22. The first kappa shape index (κ1) is 12.4. The van der Waals surface area contributed by atoms with E-state index in [2.05, 4.69) is 5.16 Å². The molecule has 1 N–H and O–H groups in total. The fourth-order valence-electron chi connectivity index (χ4n) is 2.42. The number of hydrogen-bond acceptors (Lipinski definition) is 5. The Kier molecular flexibility index (Phi) is 3.35. The van der Waals surface area contributed by atoms with Crippen molar-refractivity contribution in [1.29, 1.82) is 0 Å². The van der Waals surface area contributed by atoms with E-state index in [0.29, 0.717) is 13.0 Å². The van der Waals surface area contributed by atoms with Gasteiger partial charge in [-0.05, 0) is 30.8 Å². The van der Waals surface area contributed by atoms with Crippen LogP contribution in [0.2, 0.25) is 0 Å². The van der Waals surface area contributed by atoms with Gasteiger partial charge in [0.05, 0.1) is 10.6 Å². The largest absolute Gasteiger partial charge is 0.480 e. The molecule has 3 rings (SSSR count). The minimum atomic E-state index is -0.750. The summed E-state index contributed by atoms with van der Waals surface area (Å²) in [4.78, 5) is 14.1.